The van der Waals surface area contributed by atoms with Gasteiger partial charge in [0, 0.05) is 38.4 Å². The fraction of sp³-hybridized carbons (Fsp3) is 0.333. The summed E-state index contributed by atoms with van der Waals surface area (Å²) in [6.45, 7) is 6.59. The number of piperazine rings is 1. The lowest BCUT2D eigenvalue weighted by Crippen LogP contribution is -2.44. The Morgan fingerprint density at radius 1 is 1.09 bits per heavy atom. The first-order valence-electron chi connectivity index (χ1n) is 11.2. The van der Waals surface area contributed by atoms with Crippen LogP contribution in [0.15, 0.2) is 48.9 Å². The van der Waals surface area contributed by atoms with Gasteiger partial charge in [0.05, 0.1) is 34.3 Å². The Hall–Kier alpha value is -2.94. The van der Waals surface area contributed by atoms with Crippen LogP contribution < -0.4 is 10.6 Å². The van der Waals surface area contributed by atoms with Crippen molar-refractivity contribution >= 4 is 45.3 Å². The van der Waals surface area contributed by atoms with Gasteiger partial charge >= 0.3 is 0 Å². The van der Waals surface area contributed by atoms with Gasteiger partial charge in [-0.1, -0.05) is 17.7 Å². The van der Waals surface area contributed by atoms with E-state index in [0.717, 1.165) is 67.9 Å². The average molecular weight is 468 g/mol. The Morgan fingerprint density at radius 2 is 1.94 bits per heavy atom. The number of hydrogen-bond acceptors (Lipinski definition) is 6. The van der Waals surface area contributed by atoms with Crippen LogP contribution in [-0.4, -0.2) is 70.5 Å². The summed E-state index contributed by atoms with van der Waals surface area (Å²) in [7, 11) is 2.18. The van der Waals surface area contributed by atoms with Gasteiger partial charge in [-0.15, -0.1) is 0 Å². The summed E-state index contributed by atoms with van der Waals surface area (Å²) in [5.41, 5.74) is 3.69. The number of anilines is 3. The van der Waals surface area contributed by atoms with E-state index in [-0.39, 0.29) is 5.69 Å². The first kappa shape index (κ1) is 21.9. The smallest absolute Gasteiger partial charge is 0.157 e. The fourth-order valence-electron chi connectivity index (χ4n) is 4.20. The SMILES string of the molecule is CN1CCN(CCCNc2ccc3nc(Nc4c(F)cccc4Cl)c4cncn4c3c2)CC1. The molecular weight excluding hydrogens is 441 g/mol. The number of halogens is 2. The normalized spacial score (nSPS) is 15.4. The van der Waals surface area contributed by atoms with Gasteiger partial charge in [-0.25, -0.2) is 14.4 Å². The van der Waals surface area contributed by atoms with Gasteiger partial charge in [0.15, 0.2) is 5.82 Å². The van der Waals surface area contributed by atoms with Crippen molar-refractivity contribution in [2.75, 3.05) is 56.9 Å². The highest BCUT2D eigenvalue weighted by Crippen LogP contribution is 2.31. The first-order chi connectivity index (χ1) is 16.1. The Kier molecular flexibility index (Phi) is 6.30. The molecule has 33 heavy (non-hydrogen) atoms. The minimum atomic E-state index is -0.432. The minimum Gasteiger partial charge on any atom is -0.385 e. The molecule has 0 amide bonds. The largest absolute Gasteiger partial charge is 0.385 e. The standard InChI is InChI=1S/C24H27ClFN7/c1-31-10-12-32(13-11-31)9-3-8-28-17-6-7-20-21(14-17)33-16-27-15-22(33)24(29-20)30-23-18(25)4-2-5-19(23)26/h2,4-7,14-16,28H,3,8-13H2,1H3,(H,29,30). The van der Waals surface area contributed by atoms with Crippen molar-refractivity contribution in [1.29, 1.82) is 0 Å². The number of imidazole rings is 1. The van der Waals surface area contributed by atoms with Crippen LogP contribution >= 0.6 is 11.6 Å². The zero-order valence-electron chi connectivity index (χ0n) is 18.6. The number of likely N-dealkylation sites (N-methyl/N-ethyl adjacent to an activating group) is 1. The molecule has 3 heterocycles. The van der Waals surface area contributed by atoms with Crippen molar-refractivity contribution in [2.24, 2.45) is 0 Å². The Balaban J connectivity index is 1.32. The monoisotopic (exact) mass is 467 g/mol. The quantitative estimate of drug-likeness (QED) is 0.391. The second-order valence-corrected chi connectivity index (χ2v) is 8.87. The summed E-state index contributed by atoms with van der Waals surface area (Å²) in [6.07, 6.45) is 4.54. The van der Waals surface area contributed by atoms with Gasteiger partial charge in [-0.3, -0.25) is 4.40 Å². The molecule has 0 unspecified atom stereocenters. The van der Waals surface area contributed by atoms with E-state index in [1.165, 1.54) is 6.07 Å². The second-order valence-electron chi connectivity index (χ2n) is 8.46. The molecular formula is C24H27ClFN7. The van der Waals surface area contributed by atoms with Gasteiger partial charge < -0.3 is 20.4 Å². The van der Waals surface area contributed by atoms with Crippen LogP contribution in [0.25, 0.3) is 16.6 Å². The Labute approximate surface area is 197 Å². The molecule has 0 radical (unpaired) electrons. The molecule has 7 nitrogen and oxygen atoms in total. The lowest BCUT2D eigenvalue weighted by atomic mass is 10.2. The van der Waals surface area contributed by atoms with E-state index in [1.807, 2.05) is 16.5 Å². The topological polar surface area (TPSA) is 60.7 Å². The van der Waals surface area contributed by atoms with Gasteiger partial charge in [0.1, 0.15) is 11.3 Å². The molecule has 0 atom stereocenters. The molecule has 9 heteroatoms. The molecule has 2 aromatic carbocycles. The lowest BCUT2D eigenvalue weighted by Gasteiger charge is -2.32. The van der Waals surface area contributed by atoms with E-state index in [2.05, 4.69) is 38.5 Å². The maximum atomic E-state index is 14.3. The molecule has 0 spiro atoms. The zero-order chi connectivity index (χ0) is 22.8. The Bertz CT molecular complexity index is 1250. The molecule has 1 aliphatic heterocycles. The van der Waals surface area contributed by atoms with Crippen molar-refractivity contribution in [3.8, 4) is 0 Å². The summed E-state index contributed by atoms with van der Waals surface area (Å²) >= 11 is 6.19. The van der Waals surface area contributed by atoms with Crippen molar-refractivity contribution < 1.29 is 4.39 Å². The minimum absolute atomic E-state index is 0.202. The predicted molar refractivity (Wildman–Crippen MR) is 132 cm³/mol. The van der Waals surface area contributed by atoms with Crippen LogP contribution in [0.5, 0.6) is 0 Å². The number of aromatic nitrogens is 3. The molecule has 5 rings (SSSR count). The summed E-state index contributed by atoms with van der Waals surface area (Å²) in [4.78, 5) is 13.9. The third-order valence-corrected chi connectivity index (χ3v) is 6.45. The number of nitrogens with zero attached hydrogens (tertiary/aromatic N) is 5. The molecule has 1 saturated heterocycles. The molecule has 1 aliphatic rings. The van der Waals surface area contributed by atoms with Crippen molar-refractivity contribution in [3.05, 3.63) is 59.8 Å². The number of fused-ring (bicyclic) bond motifs is 3. The van der Waals surface area contributed by atoms with Gasteiger partial charge in [-0.05, 0) is 50.3 Å². The number of rotatable bonds is 7. The van der Waals surface area contributed by atoms with Crippen molar-refractivity contribution in [3.63, 3.8) is 0 Å². The van der Waals surface area contributed by atoms with Crippen molar-refractivity contribution in [1.82, 2.24) is 24.2 Å². The van der Waals surface area contributed by atoms with Crippen LogP contribution in [0.2, 0.25) is 5.02 Å². The second kappa shape index (κ2) is 9.51. The zero-order valence-corrected chi connectivity index (χ0v) is 19.3. The number of nitrogens with one attached hydrogen (secondary N) is 2. The predicted octanol–water partition coefficient (Wildman–Crippen LogP) is 4.47. The Morgan fingerprint density at radius 3 is 2.76 bits per heavy atom. The summed E-state index contributed by atoms with van der Waals surface area (Å²) in [5.74, 6) is 0.0677. The highest BCUT2D eigenvalue weighted by atomic mass is 35.5. The molecule has 2 aromatic heterocycles. The van der Waals surface area contributed by atoms with Crippen LogP contribution in [0, 0.1) is 5.82 Å². The number of hydrogen-bond donors (Lipinski definition) is 2. The third-order valence-electron chi connectivity index (χ3n) is 6.13. The van der Waals surface area contributed by atoms with Crippen molar-refractivity contribution in [2.45, 2.75) is 6.42 Å². The van der Waals surface area contributed by atoms with Crippen LogP contribution in [-0.2, 0) is 0 Å². The van der Waals surface area contributed by atoms with E-state index in [1.54, 1.807) is 24.7 Å². The fourth-order valence-corrected chi connectivity index (χ4v) is 4.41. The number of benzene rings is 2. The van der Waals surface area contributed by atoms with Crippen LogP contribution in [0.4, 0.5) is 21.6 Å². The highest BCUT2D eigenvalue weighted by Gasteiger charge is 2.14. The molecule has 0 bridgehead atoms. The van der Waals surface area contributed by atoms with E-state index >= 15 is 0 Å². The summed E-state index contributed by atoms with van der Waals surface area (Å²) in [6, 6.07) is 10.6. The van der Waals surface area contributed by atoms with Crippen LogP contribution in [0.3, 0.4) is 0 Å². The summed E-state index contributed by atoms with van der Waals surface area (Å²) < 4.78 is 16.3. The molecule has 1 fully saturated rings. The maximum absolute atomic E-state index is 14.3. The highest BCUT2D eigenvalue weighted by molar-refractivity contribution is 6.33. The van der Waals surface area contributed by atoms with Crippen LogP contribution in [0.1, 0.15) is 6.42 Å². The number of para-hydroxylation sites is 1. The van der Waals surface area contributed by atoms with E-state index in [4.69, 9.17) is 16.6 Å². The van der Waals surface area contributed by atoms with Gasteiger partial charge in [0.2, 0.25) is 0 Å². The molecule has 0 aliphatic carbocycles. The van der Waals surface area contributed by atoms with Gasteiger partial charge in [0.25, 0.3) is 0 Å². The first-order valence-corrected chi connectivity index (χ1v) is 11.6. The van der Waals surface area contributed by atoms with E-state index < -0.39 is 5.82 Å². The third kappa shape index (κ3) is 4.73. The van der Waals surface area contributed by atoms with E-state index in [0.29, 0.717) is 10.8 Å². The molecule has 0 saturated carbocycles. The molecule has 4 aromatic rings. The van der Waals surface area contributed by atoms with E-state index in [9.17, 15) is 4.39 Å². The average Bonchev–Trinajstić information content (AvgIpc) is 3.31. The maximum Gasteiger partial charge on any atom is 0.157 e. The summed E-state index contributed by atoms with van der Waals surface area (Å²) in [5, 5.41) is 6.88. The molecule has 2 N–H and O–H groups in total. The lowest BCUT2D eigenvalue weighted by molar-refractivity contribution is 0.154. The van der Waals surface area contributed by atoms with Gasteiger partial charge in [-0.2, -0.15) is 0 Å². The molecule has 172 valence electrons.